The first kappa shape index (κ1) is 19.6. The van der Waals surface area contributed by atoms with E-state index in [4.69, 9.17) is 13.7 Å². The number of hydrogen-bond donors (Lipinski definition) is 0. The minimum atomic E-state index is -3.68. The zero-order valence-corrected chi connectivity index (χ0v) is 14.4. The smallest absolute Gasteiger partial charge is 0.302 e. The fourth-order valence-electron chi connectivity index (χ4n) is 1.73. The molecule has 0 unspecified atom stereocenters. The van der Waals surface area contributed by atoms with Crippen LogP contribution in [-0.2, 0) is 28.6 Å². The molecule has 6 nitrogen and oxygen atoms in total. The molecule has 0 spiro atoms. The van der Waals surface area contributed by atoms with Gasteiger partial charge in [-0.05, 0) is 31.9 Å². The summed E-state index contributed by atoms with van der Waals surface area (Å²) in [6.45, 7) is 4.78. The van der Waals surface area contributed by atoms with Gasteiger partial charge in [0.1, 0.15) is 0 Å². The lowest BCUT2D eigenvalue weighted by Gasteiger charge is -2.07. The first-order chi connectivity index (χ1) is 10.9. The Morgan fingerprint density at radius 3 is 2.22 bits per heavy atom. The van der Waals surface area contributed by atoms with Gasteiger partial charge in [-0.3, -0.25) is 8.98 Å². The average molecular weight is 344 g/mol. The van der Waals surface area contributed by atoms with Crippen LogP contribution in [0.15, 0.2) is 29.2 Å². The maximum atomic E-state index is 11.9. The first-order valence-electron chi connectivity index (χ1n) is 7.59. The fraction of sp³-hybridized carbons (Fsp3) is 0.562. The summed E-state index contributed by atoms with van der Waals surface area (Å²) in [7, 11) is -3.68. The van der Waals surface area contributed by atoms with Crippen LogP contribution in [0, 0.1) is 6.92 Å². The Kier molecular flexibility index (Phi) is 8.83. The SMILES string of the molecule is CC(=O)OCCCOCCCCOS(=O)(=O)c1ccc(C)cc1. The predicted octanol–water partition coefficient (Wildman–Crippen LogP) is 2.45. The second-order valence-corrected chi connectivity index (χ2v) is 6.72. The monoisotopic (exact) mass is 344 g/mol. The van der Waals surface area contributed by atoms with Crippen molar-refractivity contribution >= 4 is 16.1 Å². The lowest BCUT2D eigenvalue weighted by Crippen LogP contribution is -2.09. The number of carbonyl (C=O) groups excluding carboxylic acids is 1. The summed E-state index contributed by atoms with van der Waals surface area (Å²) >= 11 is 0. The molecule has 1 aromatic rings. The summed E-state index contributed by atoms with van der Waals surface area (Å²) < 4.78 is 38.9. The number of unbranched alkanes of at least 4 members (excludes halogenated alkanes) is 1. The Bertz CT molecular complexity index is 565. The van der Waals surface area contributed by atoms with Crippen molar-refractivity contribution in [2.24, 2.45) is 0 Å². The molecule has 23 heavy (non-hydrogen) atoms. The highest BCUT2D eigenvalue weighted by Crippen LogP contribution is 2.13. The van der Waals surface area contributed by atoms with Crippen LogP contribution < -0.4 is 0 Å². The van der Waals surface area contributed by atoms with Crippen molar-refractivity contribution in [2.75, 3.05) is 26.4 Å². The van der Waals surface area contributed by atoms with E-state index in [2.05, 4.69) is 0 Å². The molecular formula is C16H24O6S. The maximum absolute atomic E-state index is 11.9. The summed E-state index contributed by atoms with van der Waals surface area (Å²) in [5, 5.41) is 0. The third-order valence-electron chi connectivity index (χ3n) is 2.97. The Labute approximate surface area is 137 Å². The third kappa shape index (κ3) is 8.68. The van der Waals surface area contributed by atoms with E-state index in [0.29, 0.717) is 39.1 Å². The number of aryl methyl sites for hydroxylation is 1. The molecule has 1 aromatic carbocycles. The van der Waals surface area contributed by atoms with Crippen LogP contribution in [0.1, 0.15) is 31.7 Å². The first-order valence-corrected chi connectivity index (χ1v) is 9.00. The van der Waals surface area contributed by atoms with Crippen LogP contribution >= 0.6 is 0 Å². The molecule has 7 heteroatoms. The van der Waals surface area contributed by atoms with Crippen molar-refractivity contribution in [1.82, 2.24) is 0 Å². The molecule has 0 radical (unpaired) electrons. The molecule has 1 rings (SSSR count). The number of esters is 1. The molecule has 0 saturated carbocycles. The fourth-order valence-corrected chi connectivity index (χ4v) is 2.67. The second-order valence-electron chi connectivity index (χ2n) is 5.10. The van der Waals surface area contributed by atoms with Gasteiger partial charge in [0.2, 0.25) is 0 Å². The Balaban J connectivity index is 2.08. The standard InChI is InChI=1S/C16H24O6S/c1-14-6-8-16(9-7-14)23(18,19)22-13-4-3-10-20-11-5-12-21-15(2)17/h6-9H,3-5,10-13H2,1-2H3. The molecule has 0 aliphatic carbocycles. The third-order valence-corrected chi connectivity index (χ3v) is 4.30. The zero-order chi connectivity index (χ0) is 17.1. The highest BCUT2D eigenvalue weighted by molar-refractivity contribution is 7.86. The van der Waals surface area contributed by atoms with E-state index < -0.39 is 10.1 Å². The quantitative estimate of drug-likeness (QED) is 0.348. The molecule has 0 aromatic heterocycles. The number of carbonyl (C=O) groups is 1. The van der Waals surface area contributed by atoms with Gasteiger partial charge in [0.15, 0.2) is 0 Å². The molecule has 0 N–H and O–H groups in total. The number of rotatable bonds is 11. The highest BCUT2D eigenvalue weighted by atomic mass is 32.2. The second kappa shape index (κ2) is 10.4. The number of hydrogen-bond acceptors (Lipinski definition) is 6. The minimum Gasteiger partial charge on any atom is -0.466 e. The Hall–Kier alpha value is -1.44. The lowest BCUT2D eigenvalue weighted by atomic mass is 10.2. The summed E-state index contributed by atoms with van der Waals surface area (Å²) in [4.78, 5) is 10.7. The van der Waals surface area contributed by atoms with Gasteiger partial charge in [-0.25, -0.2) is 0 Å². The van der Waals surface area contributed by atoms with E-state index in [0.717, 1.165) is 5.56 Å². The molecule has 0 amide bonds. The van der Waals surface area contributed by atoms with Gasteiger partial charge in [-0.2, -0.15) is 8.42 Å². The summed E-state index contributed by atoms with van der Waals surface area (Å²) in [5.74, 6) is -0.295. The van der Waals surface area contributed by atoms with Gasteiger partial charge in [0.25, 0.3) is 10.1 Å². The molecule has 0 heterocycles. The van der Waals surface area contributed by atoms with Crippen LogP contribution in [0.25, 0.3) is 0 Å². The largest absolute Gasteiger partial charge is 0.466 e. The van der Waals surface area contributed by atoms with Gasteiger partial charge < -0.3 is 9.47 Å². The van der Waals surface area contributed by atoms with Gasteiger partial charge in [0.05, 0.1) is 18.1 Å². The van der Waals surface area contributed by atoms with E-state index >= 15 is 0 Å². The van der Waals surface area contributed by atoms with E-state index in [-0.39, 0.29) is 17.5 Å². The molecule has 0 fully saturated rings. The maximum Gasteiger partial charge on any atom is 0.302 e. The van der Waals surface area contributed by atoms with Crippen molar-refractivity contribution < 1.29 is 26.9 Å². The van der Waals surface area contributed by atoms with Crippen molar-refractivity contribution in [1.29, 1.82) is 0 Å². The van der Waals surface area contributed by atoms with Gasteiger partial charge >= 0.3 is 5.97 Å². The van der Waals surface area contributed by atoms with Gasteiger partial charge in [0, 0.05) is 26.6 Å². The van der Waals surface area contributed by atoms with Gasteiger partial charge in [-0.1, -0.05) is 17.7 Å². The summed E-state index contributed by atoms with van der Waals surface area (Å²) in [5.41, 5.74) is 0.995. The average Bonchev–Trinajstić information content (AvgIpc) is 2.49. The van der Waals surface area contributed by atoms with Crippen molar-refractivity contribution in [3.63, 3.8) is 0 Å². The molecule has 0 aliphatic rings. The highest BCUT2D eigenvalue weighted by Gasteiger charge is 2.14. The Morgan fingerprint density at radius 2 is 1.57 bits per heavy atom. The predicted molar refractivity (Wildman–Crippen MR) is 85.6 cm³/mol. The van der Waals surface area contributed by atoms with E-state index in [9.17, 15) is 13.2 Å². The Morgan fingerprint density at radius 1 is 0.957 bits per heavy atom. The lowest BCUT2D eigenvalue weighted by molar-refractivity contribution is -0.141. The van der Waals surface area contributed by atoms with E-state index in [1.54, 1.807) is 12.1 Å². The van der Waals surface area contributed by atoms with E-state index in [1.165, 1.54) is 19.1 Å². The molecular weight excluding hydrogens is 320 g/mol. The molecule has 130 valence electrons. The van der Waals surface area contributed by atoms with Crippen molar-refractivity contribution in [2.45, 2.75) is 38.0 Å². The van der Waals surface area contributed by atoms with Crippen LogP contribution in [-0.4, -0.2) is 40.8 Å². The summed E-state index contributed by atoms with van der Waals surface area (Å²) in [6.07, 6.45) is 1.95. The van der Waals surface area contributed by atoms with Crippen LogP contribution in [0.2, 0.25) is 0 Å². The van der Waals surface area contributed by atoms with Crippen molar-refractivity contribution in [3.8, 4) is 0 Å². The molecule has 0 bridgehead atoms. The topological polar surface area (TPSA) is 78.9 Å². The van der Waals surface area contributed by atoms with Crippen molar-refractivity contribution in [3.05, 3.63) is 29.8 Å². The number of ether oxygens (including phenoxy) is 2. The molecule has 0 saturated heterocycles. The van der Waals surface area contributed by atoms with Gasteiger partial charge in [-0.15, -0.1) is 0 Å². The normalized spacial score (nSPS) is 11.4. The van der Waals surface area contributed by atoms with Crippen LogP contribution in [0.3, 0.4) is 0 Å². The van der Waals surface area contributed by atoms with Crippen LogP contribution in [0.5, 0.6) is 0 Å². The van der Waals surface area contributed by atoms with Crippen LogP contribution in [0.4, 0.5) is 0 Å². The minimum absolute atomic E-state index is 0.132. The molecule has 0 atom stereocenters. The number of benzene rings is 1. The summed E-state index contributed by atoms with van der Waals surface area (Å²) in [6, 6.07) is 6.55. The van der Waals surface area contributed by atoms with E-state index in [1.807, 2.05) is 6.92 Å². The zero-order valence-electron chi connectivity index (χ0n) is 13.6. The molecule has 0 aliphatic heterocycles.